The summed E-state index contributed by atoms with van der Waals surface area (Å²) < 4.78 is 0. The molecule has 0 saturated carbocycles. The summed E-state index contributed by atoms with van der Waals surface area (Å²) in [6, 6.07) is 13.9. The van der Waals surface area contributed by atoms with Gasteiger partial charge in [-0.25, -0.2) is 0 Å². The second-order valence-corrected chi connectivity index (χ2v) is 5.24. The molecule has 0 saturated heterocycles. The Kier molecular flexibility index (Phi) is 4.83. The summed E-state index contributed by atoms with van der Waals surface area (Å²) >= 11 is 11.6. The quantitative estimate of drug-likeness (QED) is 0.890. The highest BCUT2D eigenvalue weighted by molar-refractivity contribution is 6.30. The number of hydrogen-bond acceptors (Lipinski definition) is 2. The van der Waals surface area contributed by atoms with Gasteiger partial charge in [-0.05, 0) is 35.4 Å². The lowest BCUT2D eigenvalue weighted by atomic mass is 9.99. The maximum absolute atomic E-state index is 10.1. The lowest BCUT2D eigenvalue weighted by Crippen LogP contribution is -2.05. The number of halogens is 2. The number of aliphatic hydroxyl groups excluding tert-OH is 2. The van der Waals surface area contributed by atoms with Crippen molar-refractivity contribution in [1.29, 1.82) is 0 Å². The van der Waals surface area contributed by atoms with Gasteiger partial charge in [0, 0.05) is 16.5 Å². The highest BCUT2D eigenvalue weighted by Crippen LogP contribution is 2.27. The van der Waals surface area contributed by atoms with Crippen LogP contribution in [0.4, 0.5) is 0 Å². The molecule has 0 amide bonds. The van der Waals surface area contributed by atoms with Gasteiger partial charge in [-0.2, -0.15) is 0 Å². The minimum Gasteiger partial charge on any atom is -0.388 e. The molecule has 0 fully saturated rings. The molecule has 2 aromatic rings. The van der Waals surface area contributed by atoms with Crippen LogP contribution in [0.3, 0.4) is 0 Å². The Morgan fingerprint density at radius 3 is 1.32 bits per heavy atom. The molecular weight excluding hydrogens is 283 g/mol. The molecule has 2 N–H and O–H groups in total. The Morgan fingerprint density at radius 1 is 0.684 bits per heavy atom. The number of rotatable bonds is 4. The molecule has 0 aliphatic heterocycles. The zero-order valence-corrected chi connectivity index (χ0v) is 11.6. The molecule has 0 unspecified atom stereocenters. The lowest BCUT2D eigenvalue weighted by Gasteiger charge is -2.16. The molecule has 0 aliphatic carbocycles. The summed E-state index contributed by atoms with van der Waals surface area (Å²) in [5, 5.41) is 21.4. The molecule has 0 heterocycles. The average Bonchev–Trinajstić information content (AvgIpc) is 2.40. The first kappa shape index (κ1) is 14.4. The number of aliphatic hydroxyl groups is 2. The maximum Gasteiger partial charge on any atom is 0.0818 e. The highest BCUT2D eigenvalue weighted by Gasteiger charge is 2.15. The van der Waals surface area contributed by atoms with Crippen LogP contribution in [0.5, 0.6) is 0 Å². The van der Waals surface area contributed by atoms with Gasteiger partial charge >= 0.3 is 0 Å². The van der Waals surface area contributed by atoms with Crippen LogP contribution in [0.1, 0.15) is 29.8 Å². The normalized spacial score (nSPS) is 14.1. The predicted molar refractivity (Wildman–Crippen MR) is 77.4 cm³/mol. The molecule has 2 nitrogen and oxygen atoms in total. The first-order valence-corrected chi connectivity index (χ1v) is 6.69. The van der Waals surface area contributed by atoms with Crippen molar-refractivity contribution in [3.8, 4) is 0 Å². The summed E-state index contributed by atoms with van der Waals surface area (Å²) in [5.41, 5.74) is 1.47. The van der Waals surface area contributed by atoms with E-state index in [1.54, 1.807) is 48.5 Å². The van der Waals surface area contributed by atoms with E-state index in [0.717, 1.165) is 11.1 Å². The minimum atomic E-state index is -0.733. The maximum atomic E-state index is 10.1. The third-order valence-electron chi connectivity index (χ3n) is 2.96. The standard InChI is InChI=1S/C15H14Cl2O2/c16-12-5-1-10(2-6-12)14(18)9-15(19)11-3-7-13(17)8-4-11/h1-8,14-15,18-19H,9H2/t14-,15-/m0/s1. The van der Waals surface area contributed by atoms with E-state index < -0.39 is 12.2 Å². The largest absolute Gasteiger partial charge is 0.388 e. The van der Waals surface area contributed by atoms with Crippen molar-refractivity contribution in [3.63, 3.8) is 0 Å². The van der Waals surface area contributed by atoms with Gasteiger partial charge in [-0.15, -0.1) is 0 Å². The van der Waals surface area contributed by atoms with Crippen LogP contribution in [-0.2, 0) is 0 Å². The van der Waals surface area contributed by atoms with Crippen LogP contribution in [-0.4, -0.2) is 10.2 Å². The Bertz CT molecular complexity index is 473. The highest BCUT2D eigenvalue weighted by atomic mass is 35.5. The third kappa shape index (κ3) is 3.95. The number of hydrogen-bond donors (Lipinski definition) is 2. The van der Waals surface area contributed by atoms with E-state index >= 15 is 0 Å². The molecule has 2 rings (SSSR count). The Hall–Kier alpha value is -1.06. The van der Waals surface area contributed by atoms with Crippen molar-refractivity contribution in [2.24, 2.45) is 0 Å². The van der Waals surface area contributed by atoms with E-state index in [9.17, 15) is 10.2 Å². The second-order valence-electron chi connectivity index (χ2n) is 4.37. The van der Waals surface area contributed by atoms with Gasteiger partial charge in [0.2, 0.25) is 0 Å². The molecule has 100 valence electrons. The lowest BCUT2D eigenvalue weighted by molar-refractivity contribution is 0.0804. The topological polar surface area (TPSA) is 40.5 Å². The van der Waals surface area contributed by atoms with E-state index in [0.29, 0.717) is 10.0 Å². The van der Waals surface area contributed by atoms with E-state index in [-0.39, 0.29) is 6.42 Å². The smallest absolute Gasteiger partial charge is 0.0818 e. The Balaban J connectivity index is 2.03. The zero-order chi connectivity index (χ0) is 13.8. The van der Waals surface area contributed by atoms with Crippen molar-refractivity contribution >= 4 is 23.2 Å². The van der Waals surface area contributed by atoms with Gasteiger partial charge in [-0.1, -0.05) is 47.5 Å². The molecule has 0 radical (unpaired) electrons. The first-order valence-electron chi connectivity index (χ1n) is 5.93. The van der Waals surface area contributed by atoms with Crippen LogP contribution >= 0.6 is 23.2 Å². The third-order valence-corrected chi connectivity index (χ3v) is 3.46. The summed E-state index contributed by atoms with van der Waals surface area (Å²) in [4.78, 5) is 0. The molecule has 4 heteroatoms. The van der Waals surface area contributed by atoms with Gasteiger partial charge in [0.15, 0.2) is 0 Å². The molecule has 0 aliphatic rings. The van der Waals surface area contributed by atoms with Crippen molar-refractivity contribution in [2.45, 2.75) is 18.6 Å². The predicted octanol–water partition coefficient (Wildman–Crippen LogP) is 4.15. The van der Waals surface area contributed by atoms with Crippen LogP contribution in [0, 0.1) is 0 Å². The molecule has 2 aromatic carbocycles. The van der Waals surface area contributed by atoms with Crippen molar-refractivity contribution in [3.05, 3.63) is 69.7 Å². The zero-order valence-electron chi connectivity index (χ0n) is 10.1. The van der Waals surface area contributed by atoms with Crippen molar-refractivity contribution in [1.82, 2.24) is 0 Å². The fourth-order valence-corrected chi connectivity index (χ4v) is 2.11. The van der Waals surface area contributed by atoms with E-state index in [1.165, 1.54) is 0 Å². The molecular formula is C15H14Cl2O2. The molecule has 0 aromatic heterocycles. The fraction of sp³-hybridized carbons (Fsp3) is 0.200. The minimum absolute atomic E-state index is 0.225. The van der Waals surface area contributed by atoms with Crippen LogP contribution in [0.25, 0.3) is 0 Å². The van der Waals surface area contributed by atoms with Gasteiger partial charge in [0.25, 0.3) is 0 Å². The van der Waals surface area contributed by atoms with Gasteiger partial charge in [0.05, 0.1) is 12.2 Å². The summed E-state index contributed by atoms with van der Waals surface area (Å²) in [7, 11) is 0. The van der Waals surface area contributed by atoms with Crippen LogP contribution in [0.15, 0.2) is 48.5 Å². The Morgan fingerprint density at radius 2 is 1.00 bits per heavy atom. The molecule has 0 spiro atoms. The first-order chi connectivity index (χ1) is 9.06. The summed E-state index contributed by atoms with van der Waals surface area (Å²) in [6.07, 6.45) is -1.24. The van der Waals surface area contributed by atoms with Gasteiger partial charge in [0.1, 0.15) is 0 Å². The van der Waals surface area contributed by atoms with Crippen LogP contribution in [0.2, 0.25) is 10.0 Å². The molecule has 2 atom stereocenters. The van der Waals surface area contributed by atoms with E-state index in [1.807, 2.05) is 0 Å². The summed E-state index contributed by atoms with van der Waals surface area (Å²) in [5.74, 6) is 0. The van der Waals surface area contributed by atoms with Gasteiger partial charge < -0.3 is 10.2 Å². The van der Waals surface area contributed by atoms with Crippen LogP contribution < -0.4 is 0 Å². The van der Waals surface area contributed by atoms with Gasteiger partial charge in [-0.3, -0.25) is 0 Å². The SMILES string of the molecule is O[C@@H](C[C@H](O)c1ccc(Cl)cc1)c1ccc(Cl)cc1. The van der Waals surface area contributed by atoms with Crippen molar-refractivity contribution < 1.29 is 10.2 Å². The summed E-state index contributed by atoms with van der Waals surface area (Å²) in [6.45, 7) is 0. The molecule has 19 heavy (non-hydrogen) atoms. The average molecular weight is 297 g/mol. The second kappa shape index (κ2) is 6.40. The fourth-order valence-electron chi connectivity index (χ4n) is 1.85. The molecule has 0 bridgehead atoms. The Labute approximate surface area is 122 Å². The van der Waals surface area contributed by atoms with E-state index in [4.69, 9.17) is 23.2 Å². The monoisotopic (exact) mass is 296 g/mol. The van der Waals surface area contributed by atoms with Crippen molar-refractivity contribution in [2.75, 3.05) is 0 Å². The van der Waals surface area contributed by atoms with E-state index in [2.05, 4.69) is 0 Å². The number of benzene rings is 2.